The van der Waals surface area contributed by atoms with Gasteiger partial charge in [-0.15, -0.1) is 11.3 Å². The molecule has 2 rings (SSSR count). The van der Waals surface area contributed by atoms with Gasteiger partial charge in [0.15, 0.2) is 0 Å². The van der Waals surface area contributed by atoms with Gasteiger partial charge in [-0.25, -0.2) is 0 Å². The summed E-state index contributed by atoms with van der Waals surface area (Å²) in [5.41, 5.74) is 1.10. The monoisotopic (exact) mass is 300 g/mol. The van der Waals surface area contributed by atoms with Crippen LogP contribution in [0.5, 0.6) is 0 Å². The summed E-state index contributed by atoms with van der Waals surface area (Å²) in [5, 5.41) is 11.5. The van der Waals surface area contributed by atoms with E-state index in [1.165, 1.54) is 11.3 Å². The van der Waals surface area contributed by atoms with Crippen molar-refractivity contribution in [1.82, 2.24) is 10.3 Å². The molecule has 2 N–H and O–H groups in total. The molecule has 108 valence electrons. The van der Waals surface area contributed by atoms with E-state index in [-0.39, 0.29) is 12.5 Å². The van der Waals surface area contributed by atoms with E-state index in [2.05, 4.69) is 22.1 Å². The van der Waals surface area contributed by atoms with Gasteiger partial charge in [-0.05, 0) is 30.2 Å². The van der Waals surface area contributed by atoms with Crippen molar-refractivity contribution >= 4 is 17.2 Å². The third-order valence-corrected chi connectivity index (χ3v) is 3.70. The Hall–Kier alpha value is -2.16. The molecule has 0 aliphatic carbocycles. The minimum atomic E-state index is -0.0842. The fourth-order valence-corrected chi connectivity index (χ4v) is 2.48. The van der Waals surface area contributed by atoms with Gasteiger partial charge in [-0.2, -0.15) is 0 Å². The van der Waals surface area contributed by atoms with Crippen LogP contribution in [0.2, 0.25) is 0 Å². The molecule has 0 bridgehead atoms. The molecule has 2 heterocycles. The summed E-state index contributed by atoms with van der Waals surface area (Å²) in [6.45, 7) is 0.633. The van der Waals surface area contributed by atoms with Gasteiger partial charge in [0.25, 0.3) is 5.91 Å². The number of rotatable bonds is 5. The minimum Gasteiger partial charge on any atom is -0.395 e. The summed E-state index contributed by atoms with van der Waals surface area (Å²) in [6.07, 6.45) is 4.73. The zero-order valence-corrected chi connectivity index (χ0v) is 12.3. The highest BCUT2D eigenvalue weighted by Gasteiger charge is 2.07. The van der Waals surface area contributed by atoms with Crippen molar-refractivity contribution in [1.29, 1.82) is 0 Å². The van der Waals surface area contributed by atoms with Crippen LogP contribution in [0.15, 0.2) is 36.7 Å². The highest BCUT2D eigenvalue weighted by Crippen LogP contribution is 2.15. The molecule has 0 radical (unpaired) electrons. The SMILES string of the molecule is O=C(NCCc1cccnc1)c1ccc(C#CCCO)s1. The molecule has 0 saturated carbocycles. The lowest BCUT2D eigenvalue weighted by Crippen LogP contribution is -2.24. The van der Waals surface area contributed by atoms with Crippen LogP contribution < -0.4 is 5.32 Å². The number of amides is 1. The molecule has 0 saturated heterocycles. The zero-order chi connectivity index (χ0) is 14.9. The number of hydrogen-bond donors (Lipinski definition) is 2. The van der Waals surface area contributed by atoms with Crippen LogP contribution in [0.25, 0.3) is 0 Å². The summed E-state index contributed by atoms with van der Waals surface area (Å²) in [4.78, 5) is 17.5. The van der Waals surface area contributed by atoms with Gasteiger partial charge >= 0.3 is 0 Å². The Kier molecular flexibility index (Phi) is 5.95. The molecule has 0 atom stereocenters. The van der Waals surface area contributed by atoms with Crippen molar-refractivity contribution in [2.24, 2.45) is 0 Å². The Balaban J connectivity index is 1.82. The van der Waals surface area contributed by atoms with Gasteiger partial charge in [-0.1, -0.05) is 17.9 Å². The number of hydrogen-bond acceptors (Lipinski definition) is 4. The number of aromatic nitrogens is 1. The third kappa shape index (κ3) is 5.03. The van der Waals surface area contributed by atoms with Crippen LogP contribution in [-0.2, 0) is 6.42 Å². The molecule has 5 heteroatoms. The van der Waals surface area contributed by atoms with Crippen molar-refractivity contribution < 1.29 is 9.90 Å². The first-order chi connectivity index (χ1) is 10.3. The normalized spacial score (nSPS) is 9.76. The summed E-state index contributed by atoms with van der Waals surface area (Å²) in [5.74, 6) is 5.68. The largest absolute Gasteiger partial charge is 0.395 e. The van der Waals surface area contributed by atoms with Gasteiger partial charge in [0, 0.05) is 25.4 Å². The average molecular weight is 300 g/mol. The number of nitrogens with zero attached hydrogens (tertiary/aromatic N) is 1. The molecular formula is C16H16N2O2S. The van der Waals surface area contributed by atoms with E-state index in [0.717, 1.165) is 16.9 Å². The van der Waals surface area contributed by atoms with E-state index in [9.17, 15) is 4.79 Å². The number of nitrogens with one attached hydrogen (secondary N) is 1. The average Bonchev–Trinajstić information content (AvgIpc) is 2.97. The van der Waals surface area contributed by atoms with Crippen molar-refractivity contribution in [2.75, 3.05) is 13.2 Å². The molecule has 0 aliphatic rings. The molecular weight excluding hydrogens is 284 g/mol. The number of aliphatic hydroxyl groups excluding tert-OH is 1. The smallest absolute Gasteiger partial charge is 0.261 e. The number of pyridine rings is 1. The molecule has 0 aromatic carbocycles. The second kappa shape index (κ2) is 8.20. The molecule has 0 fully saturated rings. The van der Waals surface area contributed by atoms with Crippen molar-refractivity contribution in [2.45, 2.75) is 12.8 Å². The number of carbonyl (C=O) groups is 1. The highest BCUT2D eigenvalue weighted by atomic mass is 32.1. The highest BCUT2D eigenvalue weighted by molar-refractivity contribution is 7.14. The topological polar surface area (TPSA) is 62.2 Å². The van der Waals surface area contributed by atoms with Gasteiger partial charge in [0.1, 0.15) is 0 Å². The van der Waals surface area contributed by atoms with E-state index in [1.54, 1.807) is 18.5 Å². The van der Waals surface area contributed by atoms with Gasteiger partial charge in [0.2, 0.25) is 0 Å². The Bertz CT molecular complexity index is 641. The van der Waals surface area contributed by atoms with Gasteiger partial charge < -0.3 is 10.4 Å². The lowest BCUT2D eigenvalue weighted by molar-refractivity contribution is 0.0958. The second-order valence-electron chi connectivity index (χ2n) is 4.31. The van der Waals surface area contributed by atoms with Crippen molar-refractivity contribution in [3.05, 3.63) is 52.0 Å². The van der Waals surface area contributed by atoms with Crippen LogP contribution in [0, 0.1) is 11.8 Å². The fraction of sp³-hybridized carbons (Fsp3) is 0.250. The Morgan fingerprint density at radius 1 is 1.38 bits per heavy atom. The van der Waals surface area contributed by atoms with Gasteiger partial charge in [-0.3, -0.25) is 9.78 Å². The molecule has 2 aromatic heterocycles. The van der Waals surface area contributed by atoms with Crippen LogP contribution in [0.4, 0.5) is 0 Å². The first-order valence-electron chi connectivity index (χ1n) is 6.66. The summed E-state index contributed by atoms with van der Waals surface area (Å²) in [7, 11) is 0. The quantitative estimate of drug-likeness (QED) is 0.828. The standard InChI is InChI=1S/C16H16N2O2S/c19-11-2-1-5-14-6-7-15(21-14)16(20)18-10-8-13-4-3-9-17-12-13/h3-4,6-7,9,12,19H,2,8,10-11H2,(H,18,20). The van der Waals surface area contributed by atoms with Crippen LogP contribution in [-0.4, -0.2) is 29.1 Å². The summed E-state index contributed by atoms with van der Waals surface area (Å²) >= 11 is 1.36. The summed E-state index contributed by atoms with van der Waals surface area (Å²) in [6, 6.07) is 7.46. The Morgan fingerprint density at radius 3 is 3.05 bits per heavy atom. The molecule has 1 amide bonds. The molecule has 21 heavy (non-hydrogen) atoms. The van der Waals surface area contributed by atoms with E-state index in [4.69, 9.17) is 5.11 Å². The molecule has 0 spiro atoms. The molecule has 2 aromatic rings. The van der Waals surface area contributed by atoms with E-state index in [0.29, 0.717) is 17.8 Å². The number of aliphatic hydroxyl groups is 1. The second-order valence-corrected chi connectivity index (χ2v) is 5.39. The van der Waals surface area contributed by atoms with Gasteiger partial charge in [0.05, 0.1) is 16.4 Å². The molecule has 0 unspecified atom stereocenters. The van der Waals surface area contributed by atoms with Crippen molar-refractivity contribution in [3.63, 3.8) is 0 Å². The zero-order valence-electron chi connectivity index (χ0n) is 11.5. The third-order valence-electron chi connectivity index (χ3n) is 2.70. The maximum Gasteiger partial charge on any atom is 0.261 e. The lowest BCUT2D eigenvalue weighted by Gasteiger charge is -2.03. The number of carbonyl (C=O) groups excluding carboxylic acids is 1. The maximum atomic E-state index is 12.0. The molecule has 4 nitrogen and oxygen atoms in total. The first kappa shape index (κ1) is 15.2. The van der Waals surface area contributed by atoms with E-state index >= 15 is 0 Å². The Morgan fingerprint density at radius 2 is 2.29 bits per heavy atom. The van der Waals surface area contributed by atoms with Crippen molar-refractivity contribution in [3.8, 4) is 11.8 Å². The minimum absolute atomic E-state index is 0.0556. The van der Waals surface area contributed by atoms with Crippen LogP contribution in [0.3, 0.4) is 0 Å². The Labute approximate surface area is 127 Å². The van der Waals surface area contributed by atoms with E-state index in [1.807, 2.05) is 18.2 Å². The predicted octanol–water partition coefficient (Wildman–Crippen LogP) is 1.85. The van der Waals surface area contributed by atoms with Crippen LogP contribution >= 0.6 is 11.3 Å². The summed E-state index contributed by atoms with van der Waals surface area (Å²) < 4.78 is 0. The fourth-order valence-electron chi connectivity index (χ4n) is 1.69. The van der Waals surface area contributed by atoms with Crippen LogP contribution in [0.1, 0.15) is 26.5 Å². The first-order valence-corrected chi connectivity index (χ1v) is 7.48. The van der Waals surface area contributed by atoms with E-state index < -0.39 is 0 Å². The lowest BCUT2D eigenvalue weighted by atomic mass is 10.2. The number of thiophene rings is 1. The molecule has 0 aliphatic heterocycles. The predicted molar refractivity (Wildman–Crippen MR) is 83.2 cm³/mol. The maximum absolute atomic E-state index is 12.0.